The van der Waals surface area contributed by atoms with Gasteiger partial charge in [-0.3, -0.25) is 14.3 Å². The molecule has 0 radical (unpaired) electrons. The van der Waals surface area contributed by atoms with E-state index in [2.05, 4.69) is 10.0 Å². The summed E-state index contributed by atoms with van der Waals surface area (Å²) >= 11 is 6.09. The third kappa shape index (κ3) is 6.50. The molecule has 2 N–H and O–H groups in total. The van der Waals surface area contributed by atoms with Gasteiger partial charge in [-0.05, 0) is 97.3 Å². The van der Waals surface area contributed by atoms with Crippen molar-refractivity contribution in [1.29, 1.82) is 0 Å². The largest absolute Gasteiger partial charge is 0.497 e. The van der Waals surface area contributed by atoms with Gasteiger partial charge in [0.1, 0.15) is 11.5 Å². The second-order valence-electron chi connectivity index (χ2n) is 9.66. The predicted octanol–water partition coefficient (Wildman–Crippen LogP) is 5.68. The van der Waals surface area contributed by atoms with Gasteiger partial charge in [-0.15, -0.1) is 0 Å². The van der Waals surface area contributed by atoms with Crippen LogP contribution in [-0.2, 0) is 21.2 Å². The van der Waals surface area contributed by atoms with Crippen molar-refractivity contribution in [3.05, 3.63) is 107 Å². The minimum atomic E-state index is -3.85. The van der Waals surface area contributed by atoms with Crippen molar-refractivity contribution in [1.82, 2.24) is 0 Å². The molecule has 1 aliphatic heterocycles. The first-order chi connectivity index (χ1) is 20.1. The van der Waals surface area contributed by atoms with Crippen LogP contribution in [0.4, 0.5) is 17.1 Å². The van der Waals surface area contributed by atoms with Crippen molar-refractivity contribution in [2.45, 2.75) is 18.2 Å². The summed E-state index contributed by atoms with van der Waals surface area (Å²) < 4.78 is 38.7. The summed E-state index contributed by atoms with van der Waals surface area (Å²) in [6, 6.07) is 23.0. The molecule has 0 aliphatic carbocycles. The third-order valence-corrected chi connectivity index (χ3v) is 8.58. The Morgan fingerprint density at radius 2 is 1.60 bits per heavy atom. The Kier molecular flexibility index (Phi) is 8.37. The highest BCUT2D eigenvalue weighted by molar-refractivity contribution is 7.92. The molecule has 0 aromatic heterocycles. The average molecular weight is 606 g/mol. The number of benzene rings is 4. The van der Waals surface area contributed by atoms with Crippen LogP contribution in [0.25, 0.3) is 0 Å². The Morgan fingerprint density at radius 3 is 2.29 bits per heavy atom. The number of methoxy groups -OCH3 is 1. The van der Waals surface area contributed by atoms with Crippen LogP contribution in [0.1, 0.15) is 21.5 Å². The van der Waals surface area contributed by atoms with Crippen LogP contribution in [-0.4, -0.2) is 40.5 Å². The molecule has 42 heavy (non-hydrogen) atoms. The highest BCUT2D eigenvalue weighted by Crippen LogP contribution is 2.32. The van der Waals surface area contributed by atoms with Gasteiger partial charge in [0.25, 0.3) is 21.8 Å². The van der Waals surface area contributed by atoms with Crippen LogP contribution in [0, 0.1) is 6.92 Å². The summed E-state index contributed by atoms with van der Waals surface area (Å²) in [6.07, 6.45) is 0.717. The molecular formula is C31H28ClN3O6S. The normalized spacial score (nSPS) is 12.4. The van der Waals surface area contributed by atoms with Gasteiger partial charge >= 0.3 is 0 Å². The predicted molar refractivity (Wildman–Crippen MR) is 162 cm³/mol. The lowest BCUT2D eigenvalue weighted by Gasteiger charge is -2.18. The minimum Gasteiger partial charge on any atom is -0.497 e. The number of halogens is 1. The Bertz CT molecular complexity index is 1740. The number of hydrogen-bond acceptors (Lipinski definition) is 6. The molecule has 216 valence electrons. The first kappa shape index (κ1) is 29.0. The summed E-state index contributed by atoms with van der Waals surface area (Å²) in [5.41, 5.74) is 4.01. The SMILES string of the molecule is COc1ccc(C(=O)N2CCc3ccc(NC(=O)COc4ccc(S(=O)(=O)Nc5ccc(C)c(Cl)c5)cc4)cc32)cc1. The van der Waals surface area contributed by atoms with E-state index in [1.807, 2.05) is 13.0 Å². The molecule has 0 fully saturated rings. The van der Waals surface area contributed by atoms with Gasteiger partial charge < -0.3 is 19.7 Å². The third-order valence-electron chi connectivity index (χ3n) is 6.77. The van der Waals surface area contributed by atoms with Gasteiger partial charge in [0.15, 0.2) is 6.61 Å². The molecule has 4 aromatic carbocycles. The van der Waals surface area contributed by atoms with Crippen LogP contribution < -0.4 is 24.4 Å². The maximum absolute atomic E-state index is 13.1. The van der Waals surface area contributed by atoms with E-state index in [1.165, 1.54) is 24.3 Å². The second-order valence-corrected chi connectivity index (χ2v) is 11.7. The molecule has 11 heteroatoms. The average Bonchev–Trinajstić information content (AvgIpc) is 3.41. The van der Waals surface area contributed by atoms with Crippen molar-refractivity contribution in [2.24, 2.45) is 0 Å². The quantitative estimate of drug-likeness (QED) is 0.254. The highest BCUT2D eigenvalue weighted by atomic mass is 35.5. The van der Waals surface area contributed by atoms with E-state index < -0.39 is 15.9 Å². The molecule has 0 bridgehead atoms. The van der Waals surface area contributed by atoms with Crippen molar-refractivity contribution in [2.75, 3.05) is 35.2 Å². The summed E-state index contributed by atoms with van der Waals surface area (Å²) in [6.45, 7) is 2.07. The van der Waals surface area contributed by atoms with Gasteiger partial charge in [-0.2, -0.15) is 0 Å². The first-order valence-corrected chi connectivity index (χ1v) is 14.9. The number of carbonyl (C=O) groups is 2. The standard InChI is InChI=1S/C31H28ClN3O6S/c1-20-3-7-24(17-28(20)32)34-42(38,39)27-13-11-26(12-14-27)41-19-30(36)33-23-8-4-21-15-16-35(29(21)18-23)31(37)22-5-9-25(40-2)10-6-22/h3-14,17-18,34H,15-16,19H2,1-2H3,(H,33,36). The van der Waals surface area contributed by atoms with Crippen molar-refractivity contribution in [3.63, 3.8) is 0 Å². The summed E-state index contributed by atoms with van der Waals surface area (Å²) in [4.78, 5) is 27.5. The number of hydrogen-bond donors (Lipinski definition) is 2. The number of fused-ring (bicyclic) bond motifs is 1. The van der Waals surface area contributed by atoms with Gasteiger partial charge in [0.2, 0.25) is 0 Å². The van der Waals surface area contributed by atoms with Gasteiger partial charge in [-0.25, -0.2) is 8.42 Å². The number of nitrogens with zero attached hydrogens (tertiary/aromatic N) is 1. The van der Waals surface area contributed by atoms with Crippen molar-refractivity contribution >= 4 is 50.5 Å². The molecule has 0 spiro atoms. The zero-order valence-corrected chi connectivity index (χ0v) is 24.5. The van der Waals surface area contributed by atoms with E-state index >= 15 is 0 Å². The van der Waals surface area contributed by atoms with E-state index in [0.29, 0.717) is 46.4 Å². The number of amides is 2. The first-order valence-electron chi connectivity index (χ1n) is 13.0. The number of nitrogens with one attached hydrogen (secondary N) is 2. The maximum atomic E-state index is 13.1. The van der Waals surface area contributed by atoms with E-state index in [0.717, 1.165) is 16.8 Å². The molecule has 9 nitrogen and oxygen atoms in total. The second kappa shape index (κ2) is 12.1. The minimum absolute atomic E-state index is 0.0304. The molecule has 0 saturated carbocycles. The van der Waals surface area contributed by atoms with Crippen LogP contribution >= 0.6 is 11.6 Å². The zero-order valence-electron chi connectivity index (χ0n) is 22.9. The Labute approximate surface area is 249 Å². The monoisotopic (exact) mass is 605 g/mol. The molecular weight excluding hydrogens is 578 g/mol. The zero-order chi connectivity index (χ0) is 29.9. The van der Waals surface area contributed by atoms with E-state index in [1.54, 1.807) is 66.6 Å². The Hall–Kier alpha value is -4.54. The summed E-state index contributed by atoms with van der Waals surface area (Å²) in [7, 11) is -2.28. The smallest absolute Gasteiger partial charge is 0.262 e. The van der Waals surface area contributed by atoms with E-state index in [4.69, 9.17) is 21.1 Å². The summed E-state index contributed by atoms with van der Waals surface area (Å²) in [5, 5.41) is 3.25. The molecule has 0 saturated heterocycles. The van der Waals surface area contributed by atoms with Crippen molar-refractivity contribution < 1.29 is 27.5 Å². The van der Waals surface area contributed by atoms with Crippen LogP contribution in [0.2, 0.25) is 5.02 Å². The lowest BCUT2D eigenvalue weighted by molar-refractivity contribution is -0.118. The van der Waals surface area contributed by atoms with Crippen LogP contribution in [0.5, 0.6) is 11.5 Å². The number of carbonyl (C=O) groups excluding carboxylic acids is 2. The molecule has 2 amide bonds. The number of anilines is 3. The Morgan fingerprint density at radius 1 is 0.905 bits per heavy atom. The highest BCUT2D eigenvalue weighted by Gasteiger charge is 2.26. The fraction of sp³-hybridized carbons (Fsp3) is 0.161. The molecule has 4 aromatic rings. The van der Waals surface area contributed by atoms with Crippen LogP contribution in [0.3, 0.4) is 0 Å². The molecule has 1 aliphatic rings. The van der Waals surface area contributed by atoms with E-state index in [9.17, 15) is 18.0 Å². The van der Waals surface area contributed by atoms with Gasteiger partial charge in [-0.1, -0.05) is 23.7 Å². The van der Waals surface area contributed by atoms with Gasteiger partial charge in [0, 0.05) is 28.5 Å². The topological polar surface area (TPSA) is 114 Å². The summed E-state index contributed by atoms with van der Waals surface area (Å²) in [5.74, 6) is 0.456. The number of sulfonamides is 1. The lowest BCUT2D eigenvalue weighted by Crippen LogP contribution is -2.29. The number of aryl methyl sites for hydroxylation is 1. The fourth-order valence-corrected chi connectivity index (χ4v) is 5.72. The lowest BCUT2D eigenvalue weighted by atomic mass is 10.1. The van der Waals surface area contributed by atoms with E-state index in [-0.39, 0.29) is 17.4 Å². The fourth-order valence-electron chi connectivity index (χ4n) is 4.49. The van der Waals surface area contributed by atoms with Crippen molar-refractivity contribution in [3.8, 4) is 11.5 Å². The molecule has 5 rings (SSSR count). The van der Waals surface area contributed by atoms with Crippen LogP contribution in [0.15, 0.2) is 89.8 Å². The number of rotatable bonds is 9. The molecule has 1 heterocycles. The molecule has 0 atom stereocenters. The number of ether oxygens (including phenoxy) is 2. The van der Waals surface area contributed by atoms with Gasteiger partial charge in [0.05, 0.1) is 17.7 Å². The Balaban J connectivity index is 1.18. The maximum Gasteiger partial charge on any atom is 0.262 e. The molecule has 0 unspecified atom stereocenters.